The average molecular weight is 287 g/mol. The predicted octanol–water partition coefficient (Wildman–Crippen LogP) is 3.02. The summed E-state index contributed by atoms with van der Waals surface area (Å²) in [6.07, 6.45) is 0. The van der Waals surface area contributed by atoms with Gasteiger partial charge < -0.3 is 19.9 Å². The summed E-state index contributed by atoms with van der Waals surface area (Å²) >= 11 is 0. The number of hydrogen-bond acceptors (Lipinski definition) is 4. The van der Waals surface area contributed by atoms with Crippen LogP contribution in [-0.2, 0) is 5.54 Å². The van der Waals surface area contributed by atoms with Crippen molar-refractivity contribution in [3.8, 4) is 11.5 Å². The summed E-state index contributed by atoms with van der Waals surface area (Å²) in [5.74, 6) is 1.53. The molecule has 0 heterocycles. The molecule has 4 nitrogen and oxygen atoms in total. The average Bonchev–Trinajstić information content (AvgIpc) is 2.55. The Hall–Kier alpha value is -2.20. The normalized spacial score (nSPS) is 13.3. The maximum Gasteiger partial charge on any atom is 0.141 e. The van der Waals surface area contributed by atoms with E-state index < -0.39 is 5.54 Å². The number of rotatable bonds is 6. The van der Waals surface area contributed by atoms with Crippen molar-refractivity contribution >= 4 is 5.69 Å². The molecule has 0 radical (unpaired) electrons. The Kier molecular flexibility index (Phi) is 4.70. The first kappa shape index (κ1) is 15.2. The molecule has 0 saturated carbocycles. The number of ether oxygens (including phenoxy) is 2. The SMILES string of the molecule is COc1ccc(C(C)(CO)Nc2ccccc2OC)cc1. The molecule has 0 aliphatic rings. The second-order valence-electron chi connectivity index (χ2n) is 5.04. The van der Waals surface area contributed by atoms with Crippen molar-refractivity contribution in [3.05, 3.63) is 54.1 Å². The zero-order valence-electron chi connectivity index (χ0n) is 12.6. The van der Waals surface area contributed by atoms with Crippen molar-refractivity contribution in [1.82, 2.24) is 0 Å². The van der Waals surface area contributed by atoms with Crippen LogP contribution < -0.4 is 14.8 Å². The van der Waals surface area contributed by atoms with Crippen LogP contribution in [0.5, 0.6) is 11.5 Å². The Balaban J connectivity index is 2.31. The zero-order valence-corrected chi connectivity index (χ0v) is 12.6. The Bertz CT molecular complexity index is 583. The first-order valence-electron chi connectivity index (χ1n) is 6.79. The van der Waals surface area contributed by atoms with E-state index in [1.54, 1.807) is 14.2 Å². The zero-order chi connectivity index (χ0) is 15.3. The molecule has 0 saturated heterocycles. The molecule has 0 amide bonds. The summed E-state index contributed by atoms with van der Waals surface area (Å²) in [5, 5.41) is 13.2. The molecule has 2 rings (SSSR count). The first-order valence-corrected chi connectivity index (χ1v) is 6.79. The fourth-order valence-corrected chi connectivity index (χ4v) is 2.21. The molecule has 2 aromatic rings. The molecule has 21 heavy (non-hydrogen) atoms. The monoisotopic (exact) mass is 287 g/mol. The quantitative estimate of drug-likeness (QED) is 0.857. The molecule has 0 bridgehead atoms. The molecule has 0 spiro atoms. The number of aliphatic hydroxyl groups is 1. The van der Waals surface area contributed by atoms with E-state index in [1.807, 2.05) is 55.5 Å². The lowest BCUT2D eigenvalue weighted by molar-refractivity contribution is 0.223. The number of anilines is 1. The third-order valence-corrected chi connectivity index (χ3v) is 3.56. The number of para-hydroxylation sites is 2. The molecule has 4 heteroatoms. The second-order valence-corrected chi connectivity index (χ2v) is 5.04. The van der Waals surface area contributed by atoms with Gasteiger partial charge in [-0.15, -0.1) is 0 Å². The van der Waals surface area contributed by atoms with Gasteiger partial charge >= 0.3 is 0 Å². The Labute approximate surface area is 125 Å². The molecule has 1 unspecified atom stereocenters. The molecule has 112 valence electrons. The number of benzene rings is 2. The van der Waals surface area contributed by atoms with E-state index in [2.05, 4.69) is 5.32 Å². The van der Waals surface area contributed by atoms with Gasteiger partial charge in [0.1, 0.15) is 11.5 Å². The minimum absolute atomic E-state index is 0.0443. The molecule has 0 fully saturated rings. The van der Waals surface area contributed by atoms with Crippen molar-refractivity contribution < 1.29 is 14.6 Å². The van der Waals surface area contributed by atoms with E-state index in [4.69, 9.17) is 9.47 Å². The third kappa shape index (κ3) is 3.28. The largest absolute Gasteiger partial charge is 0.497 e. The highest BCUT2D eigenvalue weighted by Gasteiger charge is 2.26. The fourth-order valence-electron chi connectivity index (χ4n) is 2.21. The summed E-state index contributed by atoms with van der Waals surface area (Å²) in [6.45, 7) is 1.90. The van der Waals surface area contributed by atoms with Crippen molar-refractivity contribution in [2.24, 2.45) is 0 Å². The molecule has 0 aliphatic heterocycles. The summed E-state index contributed by atoms with van der Waals surface area (Å²) in [4.78, 5) is 0. The van der Waals surface area contributed by atoms with Crippen LogP contribution in [0.3, 0.4) is 0 Å². The topological polar surface area (TPSA) is 50.7 Å². The molecule has 2 N–H and O–H groups in total. The summed E-state index contributed by atoms with van der Waals surface area (Å²) in [5.41, 5.74) is 1.20. The number of hydrogen-bond donors (Lipinski definition) is 2. The van der Waals surface area contributed by atoms with Crippen LogP contribution in [0.15, 0.2) is 48.5 Å². The van der Waals surface area contributed by atoms with Gasteiger partial charge in [-0.2, -0.15) is 0 Å². The van der Waals surface area contributed by atoms with Crippen LogP contribution >= 0.6 is 0 Å². The maximum atomic E-state index is 9.86. The van der Waals surface area contributed by atoms with E-state index in [9.17, 15) is 5.11 Å². The van der Waals surface area contributed by atoms with Crippen LogP contribution in [0, 0.1) is 0 Å². The lowest BCUT2D eigenvalue weighted by atomic mass is 9.92. The highest BCUT2D eigenvalue weighted by molar-refractivity contribution is 5.58. The van der Waals surface area contributed by atoms with E-state index in [0.717, 1.165) is 22.7 Å². The minimum Gasteiger partial charge on any atom is -0.497 e. The second kappa shape index (κ2) is 6.50. The number of methoxy groups -OCH3 is 2. The summed E-state index contributed by atoms with van der Waals surface area (Å²) in [6, 6.07) is 15.3. The van der Waals surface area contributed by atoms with Gasteiger partial charge in [0, 0.05) is 0 Å². The van der Waals surface area contributed by atoms with Crippen LogP contribution in [0.2, 0.25) is 0 Å². The lowest BCUT2D eigenvalue weighted by Crippen LogP contribution is -2.35. The van der Waals surface area contributed by atoms with Crippen LogP contribution in [-0.4, -0.2) is 25.9 Å². The predicted molar refractivity (Wildman–Crippen MR) is 84.0 cm³/mol. The van der Waals surface area contributed by atoms with Crippen LogP contribution in [0.1, 0.15) is 12.5 Å². The van der Waals surface area contributed by atoms with Gasteiger partial charge in [0.25, 0.3) is 0 Å². The number of aliphatic hydroxyl groups excluding tert-OH is 1. The van der Waals surface area contributed by atoms with Crippen molar-refractivity contribution in [1.29, 1.82) is 0 Å². The van der Waals surface area contributed by atoms with Crippen LogP contribution in [0.25, 0.3) is 0 Å². The fraction of sp³-hybridized carbons (Fsp3) is 0.294. The Morgan fingerprint density at radius 2 is 1.67 bits per heavy atom. The molecular formula is C17H21NO3. The standard InChI is InChI=1S/C17H21NO3/c1-17(12-19,13-8-10-14(20-2)11-9-13)18-15-6-4-5-7-16(15)21-3/h4-11,18-19H,12H2,1-3H3. The van der Waals surface area contributed by atoms with Gasteiger partial charge in [-0.3, -0.25) is 0 Å². The van der Waals surface area contributed by atoms with Gasteiger partial charge in [-0.05, 0) is 36.8 Å². The minimum atomic E-state index is -0.610. The molecule has 0 aliphatic carbocycles. The number of nitrogens with one attached hydrogen (secondary N) is 1. The van der Waals surface area contributed by atoms with E-state index in [1.165, 1.54) is 0 Å². The third-order valence-electron chi connectivity index (χ3n) is 3.56. The summed E-state index contributed by atoms with van der Waals surface area (Å²) in [7, 11) is 3.26. The molecule has 1 atom stereocenters. The summed E-state index contributed by atoms with van der Waals surface area (Å²) < 4.78 is 10.5. The van der Waals surface area contributed by atoms with E-state index in [-0.39, 0.29) is 6.61 Å². The van der Waals surface area contributed by atoms with E-state index >= 15 is 0 Å². The molecule has 2 aromatic carbocycles. The molecular weight excluding hydrogens is 266 g/mol. The smallest absolute Gasteiger partial charge is 0.141 e. The van der Waals surface area contributed by atoms with Gasteiger partial charge in [0.15, 0.2) is 0 Å². The van der Waals surface area contributed by atoms with Crippen LogP contribution in [0.4, 0.5) is 5.69 Å². The van der Waals surface area contributed by atoms with Crippen molar-refractivity contribution in [2.45, 2.75) is 12.5 Å². The van der Waals surface area contributed by atoms with Crippen molar-refractivity contribution in [2.75, 3.05) is 26.1 Å². The highest BCUT2D eigenvalue weighted by atomic mass is 16.5. The first-order chi connectivity index (χ1) is 10.1. The van der Waals surface area contributed by atoms with Gasteiger partial charge in [-0.25, -0.2) is 0 Å². The lowest BCUT2D eigenvalue weighted by Gasteiger charge is -2.31. The van der Waals surface area contributed by atoms with Gasteiger partial charge in [0.05, 0.1) is 32.1 Å². The molecule has 0 aromatic heterocycles. The Morgan fingerprint density at radius 3 is 2.24 bits per heavy atom. The maximum absolute atomic E-state index is 9.86. The Morgan fingerprint density at radius 1 is 1.00 bits per heavy atom. The van der Waals surface area contributed by atoms with Crippen molar-refractivity contribution in [3.63, 3.8) is 0 Å². The van der Waals surface area contributed by atoms with Gasteiger partial charge in [-0.1, -0.05) is 24.3 Å². The highest BCUT2D eigenvalue weighted by Crippen LogP contribution is 2.32. The van der Waals surface area contributed by atoms with E-state index in [0.29, 0.717) is 0 Å². The van der Waals surface area contributed by atoms with Gasteiger partial charge in [0.2, 0.25) is 0 Å².